The van der Waals surface area contributed by atoms with Crippen LogP contribution in [0.3, 0.4) is 0 Å². The Morgan fingerprint density at radius 1 is 1.58 bits per heavy atom. The molecule has 1 N–H and O–H groups in total. The van der Waals surface area contributed by atoms with E-state index < -0.39 is 5.97 Å². The molecule has 0 spiro atoms. The summed E-state index contributed by atoms with van der Waals surface area (Å²) in [5, 5.41) is 8.50. The first-order valence-electron chi connectivity index (χ1n) is 3.59. The van der Waals surface area contributed by atoms with Crippen molar-refractivity contribution in [1.82, 2.24) is 0 Å². The molecule has 0 bridgehead atoms. The Morgan fingerprint density at radius 2 is 2.17 bits per heavy atom. The number of benzene rings is 1. The maximum atomic E-state index is 10.3. The Balaban J connectivity index is 2.65. The molecule has 0 aliphatic heterocycles. The summed E-state index contributed by atoms with van der Waals surface area (Å²) >= 11 is 0. The summed E-state index contributed by atoms with van der Waals surface area (Å²) in [5.41, 5.74) is 0.885. The molecular weight excluding hydrogens is 154 g/mol. The van der Waals surface area contributed by atoms with E-state index in [9.17, 15) is 4.79 Å². The van der Waals surface area contributed by atoms with Gasteiger partial charge in [0.25, 0.3) is 0 Å². The normalized spacial score (nSPS) is 9.42. The number of likely N-dealkylation sites (N-methyl/N-ethyl adjacent to an activating group) is 1. The smallest absolute Gasteiger partial charge is 0.323 e. The number of hydrogen-bond acceptors (Lipinski definition) is 2. The molecule has 12 heavy (non-hydrogen) atoms. The number of hydrogen-bond donors (Lipinski definition) is 1. The second-order valence-electron chi connectivity index (χ2n) is 2.51. The van der Waals surface area contributed by atoms with Crippen LogP contribution in [0.25, 0.3) is 0 Å². The first kappa shape index (κ1) is 8.59. The molecular formula is C9H10NO2. The topological polar surface area (TPSA) is 40.5 Å². The van der Waals surface area contributed by atoms with Crippen LogP contribution in [0.5, 0.6) is 0 Å². The lowest BCUT2D eigenvalue weighted by Crippen LogP contribution is -2.24. The third-order valence-electron chi connectivity index (χ3n) is 1.51. The Labute approximate surface area is 71.2 Å². The van der Waals surface area contributed by atoms with Crippen molar-refractivity contribution in [3.8, 4) is 0 Å². The number of rotatable bonds is 3. The fourth-order valence-electron chi connectivity index (χ4n) is 0.927. The van der Waals surface area contributed by atoms with E-state index in [-0.39, 0.29) is 6.54 Å². The number of carbonyl (C=O) groups is 1. The van der Waals surface area contributed by atoms with Gasteiger partial charge in [0, 0.05) is 12.7 Å². The summed E-state index contributed by atoms with van der Waals surface area (Å²) in [6.07, 6.45) is 0. The highest BCUT2D eigenvalue weighted by atomic mass is 16.4. The SMILES string of the molecule is CN(CC(=O)O)c1cc[c]cc1. The number of anilines is 1. The largest absolute Gasteiger partial charge is 0.480 e. The summed E-state index contributed by atoms with van der Waals surface area (Å²) in [6.45, 7) is 0.0179. The second-order valence-corrected chi connectivity index (χ2v) is 2.51. The molecule has 0 saturated heterocycles. The summed E-state index contributed by atoms with van der Waals surface area (Å²) < 4.78 is 0. The molecule has 0 aromatic heterocycles. The standard InChI is InChI=1S/C9H10NO2/c1-10(7-9(11)12)8-5-3-2-4-6-8/h3-6H,7H2,1H3,(H,11,12). The van der Waals surface area contributed by atoms with E-state index in [2.05, 4.69) is 6.07 Å². The molecule has 0 unspecified atom stereocenters. The predicted molar refractivity (Wildman–Crippen MR) is 46.2 cm³/mol. The molecule has 63 valence electrons. The van der Waals surface area contributed by atoms with Crippen molar-refractivity contribution in [2.75, 3.05) is 18.5 Å². The lowest BCUT2D eigenvalue weighted by Gasteiger charge is -2.15. The Bertz CT molecular complexity index is 258. The number of carboxylic acid groups (broad SMARTS) is 1. The van der Waals surface area contributed by atoms with E-state index in [4.69, 9.17) is 5.11 Å². The van der Waals surface area contributed by atoms with Gasteiger partial charge in [-0.05, 0) is 18.2 Å². The van der Waals surface area contributed by atoms with E-state index in [1.54, 1.807) is 24.1 Å². The predicted octanol–water partition coefficient (Wildman–Crippen LogP) is 1.01. The quantitative estimate of drug-likeness (QED) is 0.724. The van der Waals surface area contributed by atoms with Crippen LogP contribution in [0.2, 0.25) is 0 Å². The zero-order valence-electron chi connectivity index (χ0n) is 6.82. The molecule has 0 heterocycles. The lowest BCUT2D eigenvalue weighted by atomic mass is 10.3. The van der Waals surface area contributed by atoms with Crippen molar-refractivity contribution >= 4 is 11.7 Å². The van der Waals surface area contributed by atoms with Gasteiger partial charge in [-0.1, -0.05) is 12.1 Å². The molecule has 1 aromatic rings. The summed E-state index contributed by atoms with van der Waals surface area (Å²) in [4.78, 5) is 12.0. The minimum absolute atomic E-state index is 0.0179. The average molecular weight is 164 g/mol. The van der Waals surface area contributed by atoms with Gasteiger partial charge in [-0.15, -0.1) is 0 Å². The van der Waals surface area contributed by atoms with Gasteiger partial charge in [0.2, 0.25) is 0 Å². The molecule has 0 aliphatic carbocycles. The van der Waals surface area contributed by atoms with E-state index in [0.717, 1.165) is 5.69 Å². The molecule has 0 atom stereocenters. The van der Waals surface area contributed by atoms with Crippen molar-refractivity contribution in [3.63, 3.8) is 0 Å². The van der Waals surface area contributed by atoms with Gasteiger partial charge in [-0.2, -0.15) is 0 Å². The monoisotopic (exact) mass is 164 g/mol. The summed E-state index contributed by atoms with van der Waals surface area (Å²) in [5.74, 6) is -0.828. The van der Waals surface area contributed by atoms with Crippen LogP contribution in [0.4, 0.5) is 5.69 Å². The summed E-state index contributed by atoms with van der Waals surface area (Å²) in [7, 11) is 1.74. The third kappa shape index (κ3) is 2.27. The van der Waals surface area contributed by atoms with Gasteiger partial charge in [0.1, 0.15) is 6.54 Å². The van der Waals surface area contributed by atoms with Crippen molar-refractivity contribution < 1.29 is 9.90 Å². The molecule has 3 heteroatoms. The second kappa shape index (κ2) is 3.76. The van der Waals surface area contributed by atoms with Crippen LogP contribution in [0.15, 0.2) is 24.3 Å². The minimum atomic E-state index is -0.828. The molecule has 3 nitrogen and oxygen atoms in total. The van der Waals surface area contributed by atoms with Crippen molar-refractivity contribution in [2.45, 2.75) is 0 Å². The Morgan fingerprint density at radius 3 is 2.67 bits per heavy atom. The van der Waals surface area contributed by atoms with Crippen LogP contribution in [-0.4, -0.2) is 24.7 Å². The fourth-order valence-corrected chi connectivity index (χ4v) is 0.927. The van der Waals surface area contributed by atoms with E-state index in [1.807, 2.05) is 12.1 Å². The molecule has 0 fully saturated rings. The molecule has 1 rings (SSSR count). The first-order valence-corrected chi connectivity index (χ1v) is 3.59. The lowest BCUT2D eigenvalue weighted by molar-refractivity contribution is -0.135. The molecule has 1 radical (unpaired) electrons. The van der Waals surface area contributed by atoms with Gasteiger partial charge >= 0.3 is 5.97 Å². The van der Waals surface area contributed by atoms with Gasteiger partial charge in [-0.25, -0.2) is 0 Å². The maximum absolute atomic E-state index is 10.3. The molecule has 0 saturated carbocycles. The van der Waals surface area contributed by atoms with Gasteiger partial charge in [-0.3, -0.25) is 4.79 Å². The molecule has 1 aromatic carbocycles. The van der Waals surface area contributed by atoms with E-state index in [0.29, 0.717) is 0 Å². The highest BCUT2D eigenvalue weighted by Crippen LogP contribution is 2.09. The fraction of sp³-hybridized carbons (Fsp3) is 0.222. The average Bonchev–Trinajstić information content (AvgIpc) is 2.05. The van der Waals surface area contributed by atoms with E-state index in [1.165, 1.54) is 0 Å². The van der Waals surface area contributed by atoms with Crippen LogP contribution in [-0.2, 0) is 4.79 Å². The van der Waals surface area contributed by atoms with Crippen LogP contribution in [0, 0.1) is 6.07 Å². The van der Waals surface area contributed by atoms with Gasteiger partial charge in [0.05, 0.1) is 0 Å². The number of aliphatic carboxylic acids is 1. The van der Waals surface area contributed by atoms with Crippen LogP contribution in [0.1, 0.15) is 0 Å². The Hall–Kier alpha value is -1.51. The van der Waals surface area contributed by atoms with Crippen molar-refractivity contribution in [1.29, 1.82) is 0 Å². The van der Waals surface area contributed by atoms with Gasteiger partial charge in [0.15, 0.2) is 0 Å². The Kier molecular flexibility index (Phi) is 2.69. The molecule has 0 aliphatic rings. The highest BCUT2D eigenvalue weighted by Gasteiger charge is 2.03. The third-order valence-corrected chi connectivity index (χ3v) is 1.51. The zero-order chi connectivity index (χ0) is 8.97. The van der Waals surface area contributed by atoms with Crippen molar-refractivity contribution in [2.24, 2.45) is 0 Å². The van der Waals surface area contributed by atoms with Crippen LogP contribution >= 0.6 is 0 Å². The van der Waals surface area contributed by atoms with Crippen LogP contribution < -0.4 is 4.90 Å². The number of carboxylic acids is 1. The highest BCUT2D eigenvalue weighted by molar-refractivity contribution is 5.73. The first-order chi connectivity index (χ1) is 5.70. The number of nitrogens with zero attached hydrogens (tertiary/aromatic N) is 1. The van der Waals surface area contributed by atoms with Gasteiger partial charge < -0.3 is 10.0 Å². The maximum Gasteiger partial charge on any atom is 0.323 e. The van der Waals surface area contributed by atoms with Crippen molar-refractivity contribution in [3.05, 3.63) is 30.3 Å². The zero-order valence-corrected chi connectivity index (χ0v) is 6.82. The summed E-state index contributed by atoms with van der Waals surface area (Å²) in [6, 6.07) is 10.0. The minimum Gasteiger partial charge on any atom is -0.480 e. The van der Waals surface area contributed by atoms with E-state index >= 15 is 0 Å². The molecule has 0 amide bonds.